The molecule has 2 aromatic rings. The van der Waals surface area contributed by atoms with Gasteiger partial charge in [-0.25, -0.2) is 9.97 Å². The number of aryl methyl sites for hydroxylation is 2. The summed E-state index contributed by atoms with van der Waals surface area (Å²) in [5.41, 5.74) is 3.46. The van der Waals surface area contributed by atoms with Gasteiger partial charge in [-0.15, -0.1) is 0 Å². The maximum absolute atomic E-state index is 9.17. The van der Waals surface area contributed by atoms with Crippen molar-refractivity contribution in [3.05, 3.63) is 40.8 Å². The first kappa shape index (κ1) is 19.0. The molecule has 3 rings (SSSR count). The second-order valence-corrected chi connectivity index (χ2v) is 6.73. The van der Waals surface area contributed by atoms with E-state index in [1.165, 1.54) is 24.1 Å². The van der Waals surface area contributed by atoms with E-state index >= 15 is 0 Å². The summed E-state index contributed by atoms with van der Waals surface area (Å²) in [7, 11) is 1.60. The Kier molecular flexibility index (Phi) is 6.12. The van der Waals surface area contributed by atoms with Crippen LogP contribution in [0.25, 0.3) is 0 Å². The van der Waals surface area contributed by atoms with Crippen LogP contribution in [0.1, 0.15) is 48.8 Å². The third kappa shape index (κ3) is 4.48. The lowest BCUT2D eigenvalue weighted by atomic mass is 9.96. The Balaban J connectivity index is 1.79. The molecular weight excluding hydrogens is 340 g/mol. The van der Waals surface area contributed by atoms with E-state index < -0.39 is 6.10 Å². The highest BCUT2D eigenvalue weighted by Crippen LogP contribution is 2.30. The van der Waals surface area contributed by atoms with E-state index in [-0.39, 0.29) is 0 Å². The molecule has 1 aromatic heterocycles. The van der Waals surface area contributed by atoms with E-state index in [2.05, 4.69) is 21.4 Å². The monoisotopic (exact) mass is 366 g/mol. The lowest BCUT2D eigenvalue weighted by molar-refractivity contribution is 0.238. The Hall–Kier alpha value is -2.81. The van der Waals surface area contributed by atoms with E-state index in [0.717, 1.165) is 30.0 Å². The number of aromatic nitrogens is 2. The predicted molar refractivity (Wildman–Crippen MR) is 104 cm³/mol. The number of methoxy groups -OCH3 is 1. The molecule has 0 saturated carbocycles. The molecule has 0 fully saturated rings. The summed E-state index contributed by atoms with van der Waals surface area (Å²) in [5, 5.41) is 12.6. The second kappa shape index (κ2) is 8.72. The standard InChI is InChI=1S/C21H26N4O2/c1-4-16(12-22)27-20-11-15(9-10-19(20)26-3)13-23-21-17-7-5-6-8-18(17)24-14(2)25-21/h9-11,16H,4-8,13H2,1-3H3,(H,23,24,25). The van der Waals surface area contributed by atoms with Gasteiger partial charge in [0.15, 0.2) is 17.6 Å². The SMILES string of the molecule is CCC(C#N)Oc1cc(CNc2nc(C)nc3c2CCCC3)ccc1OC. The number of nitrogens with zero attached hydrogens (tertiary/aromatic N) is 3. The number of rotatable bonds is 7. The molecule has 0 bridgehead atoms. The summed E-state index contributed by atoms with van der Waals surface area (Å²) >= 11 is 0. The van der Waals surface area contributed by atoms with Gasteiger partial charge in [0.25, 0.3) is 0 Å². The van der Waals surface area contributed by atoms with Gasteiger partial charge in [0.1, 0.15) is 17.7 Å². The molecule has 1 aliphatic carbocycles. The van der Waals surface area contributed by atoms with E-state index in [9.17, 15) is 0 Å². The molecule has 1 N–H and O–H groups in total. The second-order valence-electron chi connectivity index (χ2n) is 6.73. The summed E-state index contributed by atoms with van der Waals surface area (Å²) in [6, 6.07) is 7.95. The molecule has 1 atom stereocenters. The first-order chi connectivity index (χ1) is 13.1. The van der Waals surface area contributed by atoms with Crippen LogP contribution in [0.3, 0.4) is 0 Å². The zero-order valence-corrected chi connectivity index (χ0v) is 16.2. The molecule has 1 heterocycles. The molecule has 1 aliphatic rings. The van der Waals surface area contributed by atoms with Crippen LogP contribution in [-0.2, 0) is 19.4 Å². The predicted octanol–water partition coefficient (Wildman–Crippen LogP) is 3.97. The van der Waals surface area contributed by atoms with Gasteiger partial charge in [-0.05, 0) is 56.7 Å². The quantitative estimate of drug-likeness (QED) is 0.799. The molecule has 6 nitrogen and oxygen atoms in total. The van der Waals surface area contributed by atoms with Gasteiger partial charge in [0.2, 0.25) is 0 Å². The highest BCUT2D eigenvalue weighted by molar-refractivity contribution is 5.49. The average Bonchev–Trinajstić information content (AvgIpc) is 2.70. The van der Waals surface area contributed by atoms with Gasteiger partial charge in [-0.1, -0.05) is 13.0 Å². The Bertz CT molecular complexity index is 845. The molecule has 0 radical (unpaired) electrons. The number of fused-ring (bicyclic) bond motifs is 1. The van der Waals surface area contributed by atoms with Crippen LogP contribution in [0.15, 0.2) is 18.2 Å². The van der Waals surface area contributed by atoms with Crippen LogP contribution in [0, 0.1) is 18.3 Å². The third-order valence-electron chi connectivity index (χ3n) is 4.77. The number of nitrogens with one attached hydrogen (secondary N) is 1. The fourth-order valence-corrected chi connectivity index (χ4v) is 3.33. The number of hydrogen-bond donors (Lipinski definition) is 1. The normalized spacial score (nSPS) is 14.0. The minimum Gasteiger partial charge on any atom is -0.493 e. The van der Waals surface area contributed by atoms with E-state index in [4.69, 9.17) is 14.7 Å². The summed E-state index contributed by atoms with van der Waals surface area (Å²) in [6.45, 7) is 4.48. The minimum absolute atomic E-state index is 0.487. The van der Waals surface area contributed by atoms with Crippen molar-refractivity contribution < 1.29 is 9.47 Å². The summed E-state index contributed by atoms with van der Waals surface area (Å²) in [5.74, 6) is 2.95. The van der Waals surface area contributed by atoms with Gasteiger partial charge in [-0.2, -0.15) is 5.26 Å². The summed E-state index contributed by atoms with van der Waals surface area (Å²) < 4.78 is 11.2. The summed E-state index contributed by atoms with van der Waals surface area (Å²) in [4.78, 5) is 9.21. The van der Waals surface area contributed by atoms with Crippen LogP contribution in [0.5, 0.6) is 11.5 Å². The van der Waals surface area contributed by atoms with Crippen molar-refractivity contribution in [3.63, 3.8) is 0 Å². The maximum Gasteiger partial charge on any atom is 0.184 e. The Morgan fingerprint density at radius 3 is 2.78 bits per heavy atom. The first-order valence-electron chi connectivity index (χ1n) is 9.48. The van der Waals surface area contributed by atoms with Crippen molar-refractivity contribution in [1.29, 1.82) is 5.26 Å². The fraction of sp³-hybridized carbons (Fsp3) is 0.476. The smallest absolute Gasteiger partial charge is 0.184 e. The van der Waals surface area contributed by atoms with Crippen LogP contribution in [-0.4, -0.2) is 23.2 Å². The largest absolute Gasteiger partial charge is 0.493 e. The van der Waals surface area contributed by atoms with E-state index in [0.29, 0.717) is 24.5 Å². The Labute approximate surface area is 160 Å². The number of ether oxygens (including phenoxy) is 2. The molecule has 0 amide bonds. The lowest BCUT2D eigenvalue weighted by Gasteiger charge is -2.19. The van der Waals surface area contributed by atoms with Gasteiger partial charge in [0, 0.05) is 17.8 Å². The van der Waals surface area contributed by atoms with Gasteiger partial charge in [-0.3, -0.25) is 0 Å². The molecule has 0 saturated heterocycles. The maximum atomic E-state index is 9.17. The fourth-order valence-electron chi connectivity index (χ4n) is 3.33. The zero-order chi connectivity index (χ0) is 19.2. The molecule has 1 aromatic carbocycles. The molecule has 27 heavy (non-hydrogen) atoms. The number of nitriles is 1. The average molecular weight is 366 g/mol. The van der Waals surface area contributed by atoms with Crippen molar-refractivity contribution in [2.24, 2.45) is 0 Å². The Morgan fingerprint density at radius 2 is 2.04 bits per heavy atom. The van der Waals surface area contributed by atoms with Crippen molar-refractivity contribution >= 4 is 5.82 Å². The number of anilines is 1. The molecule has 0 spiro atoms. The van der Waals surface area contributed by atoms with Crippen molar-refractivity contribution in [2.75, 3.05) is 12.4 Å². The van der Waals surface area contributed by atoms with E-state index in [1.807, 2.05) is 32.0 Å². The zero-order valence-electron chi connectivity index (χ0n) is 16.2. The van der Waals surface area contributed by atoms with Crippen molar-refractivity contribution in [3.8, 4) is 17.6 Å². The lowest BCUT2D eigenvalue weighted by Crippen LogP contribution is -2.14. The molecular formula is C21H26N4O2. The van der Waals surface area contributed by atoms with Crippen LogP contribution in [0.2, 0.25) is 0 Å². The molecule has 6 heteroatoms. The minimum atomic E-state index is -0.487. The Morgan fingerprint density at radius 1 is 1.22 bits per heavy atom. The topological polar surface area (TPSA) is 80.1 Å². The molecule has 1 unspecified atom stereocenters. The van der Waals surface area contributed by atoms with Crippen LogP contribution in [0.4, 0.5) is 5.82 Å². The molecule has 0 aliphatic heterocycles. The van der Waals surface area contributed by atoms with Gasteiger partial charge >= 0.3 is 0 Å². The third-order valence-corrected chi connectivity index (χ3v) is 4.77. The summed E-state index contributed by atoms with van der Waals surface area (Å²) in [6.07, 6.45) is 4.56. The van der Waals surface area contributed by atoms with E-state index in [1.54, 1.807) is 7.11 Å². The highest BCUT2D eigenvalue weighted by Gasteiger charge is 2.17. The van der Waals surface area contributed by atoms with Crippen molar-refractivity contribution in [2.45, 2.75) is 58.6 Å². The number of benzene rings is 1. The number of hydrogen-bond acceptors (Lipinski definition) is 6. The van der Waals surface area contributed by atoms with Gasteiger partial charge < -0.3 is 14.8 Å². The van der Waals surface area contributed by atoms with Gasteiger partial charge in [0.05, 0.1) is 7.11 Å². The first-order valence-corrected chi connectivity index (χ1v) is 9.48. The van der Waals surface area contributed by atoms with Crippen LogP contribution >= 0.6 is 0 Å². The molecule has 142 valence electrons. The van der Waals surface area contributed by atoms with Crippen LogP contribution < -0.4 is 14.8 Å². The highest BCUT2D eigenvalue weighted by atomic mass is 16.5. The van der Waals surface area contributed by atoms with Crippen molar-refractivity contribution in [1.82, 2.24) is 9.97 Å².